The maximum atomic E-state index is 11.1. The van der Waals surface area contributed by atoms with E-state index >= 15 is 0 Å². The molecule has 0 aromatic heterocycles. The molecule has 0 aliphatic rings. The van der Waals surface area contributed by atoms with Crippen LogP contribution in [-0.4, -0.2) is 6.16 Å². The van der Waals surface area contributed by atoms with E-state index in [4.69, 9.17) is 11.5 Å². The van der Waals surface area contributed by atoms with Crippen LogP contribution in [0.5, 0.6) is 0 Å². The summed E-state index contributed by atoms with van der Waals surface area (Å²) in [5.41, 5.74) is 15.2. The van der Waals surface area contributed by atoms with E-state index in [1.165, 1.54) is 0 Å². The van der Waals surface area contributed by atoms with Crippen molar-refractivity contribution in [3.05, 3.63) is 59.7 Å². The summed E-state index contributed by atoms with van der Waals surface area (Å²) < 4.78 is 11.1. The van der Waals surface area contributed by atoms with Crippen molar-refractivity contribution in [2.24, 2.45) is 0 Å². The van der Waals surface area contributed by atoms with Gasteiger partial charge in [-0.2, -0.15) is 0 Å². The second-order valence-electron chi connectivity index (χ2n) is 4.30. The van der Waals surface area contributed by atoms with E-state index in [1.807, 2.05) is 48.5 Å². The van der Waals surface area contributed by atoms with Gasteiger partial charge in [-0.3, -0.25) is 0 Å². The van der Waals surface area contributed by atoms with Gasteiger partial charge in [0, 0.05) is 23.5 Å². The third-order valence-corrected chi connectivity index (χ3v) is 3.62. The van der Waals surface area contributed by atoms with Crippen molar-refractivity contribution in [2.75, 3.05) is 17.6 Å². The summed E-state index contributed by atoms with van der Waals surface area (Å²) >= 11 is 0. The molecule has 2 aromatic rings. The van der Waals surface area contributed by atoms with Crippen LogP contribution in [0.1, 0.15) is 17.0 Å². The Hall–Kier alpha value is -1.73. The van der Waals surface area contributed by atoms with Crippen molar-refractivity contribution >= 4 is 19.8 Å². The fourth-order valence-corrected chi connectivity index (χ4v) is 2.85. The molecule has 0 spiro atoms. The van der Waals surface area contributed by atoms with Gasteiger partial charge in [0.1, 0.15) is 0 Å². The highest BCUT2D eigenvalue weighted by Crippen LogP contribution is 2.29. The molecular formula is C14H17N2OP. The van der Waals surface area contributed by atoms with Crippen LogP contribution < -0.4 is 11.5 Å². The van der Waals surface area contributed by atoms with E-state index in [2.05, 4.69) is 0 Å². The minimum Gasteiger partial charge on any atom is -0.399 e. The largest absolute Gasteiger partial charge is 0.399 e. The van der Waals surface area contributed by atoms with Gasteiger partial charge in [0.15, 0.2) is 0 Å². The van der Waals surface area contributed by atoms with Gasteiger partial charge in [-0.15, -0.1) is 0 Å². The second-order valence-corrected chi connectivity index (χ2v) is 5.10. The molecule has 0 fully saturated rings. The lowest BCUT2D eigenvalue weighted by atomic mass is 9.92. The Morgan fingerprint density at radius 2 is 1.44 bits per heavy atom. The number of hydrogen-bond donors (Lipinski definition) is 2. The van der Waals surface area contributed by atoms with Crippen molar-refractivity contribution in [1.29, 1.82) is 0 Å². The summed E-state index contributed by atoms with van der Waals surface area (Å²) in [6.45, 7) is 0. The van der Waals surface area contributed by atoms with E-state index in [0.717, 1.165) is 22.5 Å². The fraction of sp³-hybridized carbons (Fsp3) is 0.143. The van der Waals surface area contributed by atoms with E-state index in [0.29, 0.717) is 6.16 Å². The maximum absolute atomic E-state index is 11.1. The van der Waals surface area contributed by atoms with Crippen LogP contribution in [0.3, 0.4) is 0 Å². The molecule has 2 rings (SSSR count). The standard InChI is InChI=1S/C14H17N2OP/c15-12-5-1-3-10(7-12)14(9-18-17)11-4-2-6-13(16)8-11/h1-8,14H,9,15-16,18H2. The SMILES string of the molecule is Nc1cccc(C(C[PH2]=O)c2cccc(N)c2)c1. The van der Waals surface area contributed by atoms with Crippen molar-refractivity contribution in [1.82, 2.24) is 0 Å². The van der Waals surface area contributed by atoms with Gasteiger partial charge in [-0.1, -0.05) is 24.3 Å². The first kappa shape index (κ1) is 12.7. The average molecular weight is 260 g/mol. The molecule has 0 saturated carbocycles. The monoisotopic (exact) mass is 260 g/mol. The van der Waals surface area contributed by atoms with Crippen molar-refractivity contribution in [3.8, 4) is 0 Å². The van der Waals surface area contributed by atoms with Gasteiger partial charge in [0.25, 0.3) is 0 Å². The number of hydrogen-bond acceptors (Lipinski definition) is 3. The molecule has 18 heavy (non-hydrogen) atoms. The average Bonchev–Trinajstić information content (AvgIpc) is 2.36. The number of benzene rings is 2. The summed E-state index contributed by atoms with van der Waals surface area (Å²) in [4.78, 5) is 0. The maximum Gasteiger partial charge on any atom is 0.0654 e. The highest BCUT2D eigenvalue weighted by Gasteiger charge is 2.13. The van der Waals surface area contributed by atoms with Crippen molar-refractivity contribution < 1.29 is 4.57 Å². The van der Waals surface area contributed by atoms with Crippen LogP contribution in [0.2, 0.25) is 0 Å². The van der Waals surface area contributed by atoms with Crippen LogP contribution >= 0.6 is 8.46 Å². The van der Waals surface area contributed by atoms with Gasteiger partial charge in [0.2, 0.25) is 0 Å². The van der Waals surface area contributed by atoms with Crippen LogP contribution in [0, 0.1) is 0 Å². The lowest BCUT2D eigenvalue weighted by Crippen LogP contribution is -2.04. The van der Waals surface area contributed by atoms with Gasteiger partial charge < -0.3 is 16.0 Å². The number of rotatable bonds is 4. The Labute approximate surface area is 108 Å². The molecule has 94 valence electrons. The molecule has 4 N–H and O–H groups in total. The van der Waals surface area contributed by atoms with Gasteiger partial charge >= 0.3 is 0 Å². The Bertz CT molecular complexity index is 511. The van der Waals surface area contributed by atoms with Gasteiger partial charge in [-0.25, -0.2) is 0 Å². The first-order valence-corrected chi connectivity index (χ1v) is 7.14. The van der Waals surface area contributed by atoms with E-state index in [-0.39, 0.29) is 5.92 Å². The predicted octanol–water partition coefficient (Wildman–Crippen LogP) is 2.74. The highest BCUT2D eigenvalue weighted by molar-refractivity contribution is 7.23. The zero-order valence-corrected chi connectivity index (χ0v) is 11.2. The number of nitrogen functional groups attached to an aromatic ring is 2. The molecule has 4 heteroatoms. The minimum atomic E-state index is -0.813. The van der Waals surface area contributed by atoms with Crippen LogP contribution in [0.15, 0.2) is 48.5 Å². The second kappa shape index (κ2) is 5.74. The molecule has 1 atom stereocenters. The van der Waals surface area contributed by atoms with Crippen LogP contribution in [0.4, 0.5) is 11.4 Å². The molecule has 0 radical (unpaired) electrons. The summed E-state index contributed by atoms with van der Waals surface area (Å²) in [7, 11) is -0.813. The Morgan fingerprint density at radius 3 is 1.83 bits per heavy atom. The zero-order valence-electron chi connectivity index (χ0n) is 10.0. The Kier molecular flexibility index (Phi) is 4.06. The van der Waals surface area contributed by atoms with Gasteiger partial charge in [-0.05, 0) is 35.4 Å². The van der Waals surface area contributed by atoms with Gasteiger partial charge in [0.05, 0.1) is 8.46 Å². The zero-order chi connectivity index (χ0) is 13.0. The third-order valence-electron chi connectivity index (χ3n) is 2.96. The number of nitrogens with two attached hydrogens (primary N) is 2. The predicted molar refractivity (Wildman–Crippen MR) is 78.8 cm³/mol. The van der Waals surface area contributed by atoms with Crippen molar-refractivity contribution in [2.45, 2.75) is 5.92 Å². The molecule has 0 amide bonds. The summed E-state index contributed by atoms with van der Waals surface area (Å²) in [5.74, 6) is 0.101. The lowest BCUT2D eigenvalue weighted by molar-refractivity contribution is 0.596. The smallest absolute Gasteiger partial charge is 0.0654 e. The Morgan fingerprint density at radius 1 is 0.944 bits per heavy atom. The molecular weight excluding hydrogens is 243 g/mol. The summed E-state index contributed by atoms with van der Waals surface area (Å²) in [6, 6.07) is 15.4. The highest BCUT2D eigenvalue weighted by atomic mass is 31.1. The minimum absolute atomic E-state index is 0.101. The van der Waals surface area contributed by atoms with E-state index in [1.54, 1.807) is 0 Å². The normalized spacial score (nSPS) is 11.4. The Balaban J connectivity index is 2.42. The number of anilines is 2. The summed E-state index contributed by atoms with van der Waals surface area (Å²) in [5, 5.41) is 0. The van der Waals surface area contributed by atoms with Crippen LogP contribution in [-0.2, 0) is 4.57 Å². The van der Waals surface area contributed by atoms with Crippen LogP contribution in [0.25, 0.3) is 0 Å². The molecule has 0 saturated heterocycles. The van der Waals surface area contributed by atoms with E-state index < -0.39 is 8.46 Å². The third kappa shape index (κ3) is 2.93. The van der Waals surface area contributed by atoms with E-state index in [9.17, 15) is 4.57 Å². The molecule has 0 bridgehead atoms. The molecule has 0 heterocycles. The lowest BCUT2D eigenvalue weighted by Gasteiger charge is -2.16. The fourth-order valence-electron chi connectivity index (χ4n) is 2.11. The molecule has 0 aliphatic heterocycles. The molecule has 0 aliphatic carbocycles. The first-order valence-electron chi connectivity index (χ1n) is 5.85. The summed E-state index contributed by atoms with van der Waals surface area (Å²) in [6.07, 6.45) is 0.632. The molecule has 3 nitrogen and oxygen atoms in total. The topological polar surface area (TPSA) is 69.1 Å². The first-order chi connectivity index (χ1) is 8.70. The quantitative estimate of drug-likeness (QED) is 0.656. The molecule has 1 unspecified atom stereocenters. The van der Waals surface area contributed by atoms with Crippen molar-refractivity contribution in [3.63, 3.8) is 0 Å². The molecule has 2 aromatic carbocycles.